The fourth-order valence-electron chi connectivity index (χ4n) is 2.57. The van der Waals surface area contributed by atoms with Crippen molar-refractivity contribution in [2.75, 3.05) is 0 Å². The summed E-state index contributed by atoms with van der Waals surface area (Å²) in [6.07, 6.45) is 4.37. The first-order valence-electron chi connectivity index (χ1n) is 7.32. The summed E-state index contributed by atoms with van der Waals surface area (Å²) < 4.78 is 5.61. The second kappa shape index (κ2) is 6.38. The minimum atomic E-state index is -0.0444. The number of aromatic nitrogens is 2. The van der Waals surface area contributed by atoms with Gasteiger partial charge in [0.2, 0.25) is 0 Å². The molecule has 23 heavy (non-hydrogen) atoms. The predicted octanol–water partition coefficient (Wildman–Crippen LogP) is 4.12. The van der Waals surface area contributed by atoms with E-state index in [0.29, 0.717) is 34.8 Å². The number of ketones is 1. The zero-order chi connectivity index (χ0) is 16.4. The van der Waals surface area contributed by atoms with E-state index in [2.05, 4.69) is 9.97 Å². The van der Waals surface area contributed by atoms with Crippen LogP contribution in [0.5, 0.6) is 11.8 Å². The van der Waals surface area contributed by atoms with Crippen molar-refractivity contribution < 1.29 is 14.6 Å². The van der Waals surface area contributed by atoms with Crippen LogP contribution in [0.1, 0.15) is 30.9 Å². The summed E-state index contributed by atoms with van der Waals surface area (Å²) in [7, 11) is 0. The number of aliphatic hydroxyl groups excluding tert-OH is 1. The fraction of sp³-hybridized carbons (Fsp3) is 0.235. The number of ether oxygens (including phenoxy) is 1. The number of hydrogen-bond donors (Lipinski definition) is 1. The molecule has 0 saturated heterocycles. The van der Waals surface area contributed by atoms with Crippen molar-refractivity contribution in [3.63, 3.8) is 0 Å². The Labute approximate surface area is 138 Å². The number of allylic oxidation sites excluding steroid dienone is 2. The van der Waals surface area contributed by atoms with Gasteiger partial charge in [0, 0.05) is 12.8 Å². The van der Waals surface area contributed by atoms with E-state index in [1.165, 1.54) is 12.4 Å². The molecule has 0 aliphatic heterocycles. The molecule has 0 bridgehead atoms. The number of rotatable bonds is 4. The average molecular weight is 331 g/mol. The molecule has 0 amide bonds. The Morgan fingerprint density at radius 2 is 2.00 bits per heavy atom. The molecule has 1 aliphatic rings. The first-order valence-corrected chi connectivity index (χ1v) is 7.70. The highest BCUT2D eigenvalue weighted by Gasteiger charge is 2.26. The van der Waals surface area contributed by atoms with Crippen LogP contribution in [0, 0.1) is 0 Å². The molecule has 1 aliphatic carbocycles. The summed E-state index contributed by atoms with van der Waals surface area (Å²) in [5, 5.41) is 10.4. The van der Waals surface area contributed by atoms with Gasteiger partial charge in [-0.05, 0) is 29.7 Å². The third-order valence-corrected chi connectivity index (χ3v) is 3.89. The SMILES string of the molecule is CCc1ccc(Oc2ncc(Cl)cn2)cc1C1=C(O)CCC1=O. The van der Waals surface area contributed by atoms with Gasteiger partial charge in [-0.25, -0.2) is 9.97 Å². The van der Waals surface area contributed by atoms with E-state index in [4.69, 9.17) is 16.3 Å². The van der Waals surface area contributed by atoms with E-state index in [9.17, 15) is 9.90 Å². The van der Waals surface area contributed by atoms with Gasteiger partial charge in [-0.3, -0.25) is 4.79 Å². The van der Waals surface area contributed by atoms with Crippen molar-refractivity contribution >= 4 is 23.0 Å². The number of hydrogen-bond acceptors (Lipinski definition) is 5. The van der Waals surface area contributed by atoms with Crippen molar-refractivity contribution in [2.24, 2.45) is 0 Å². The molecule has 0 fully saturated rings. The number of carbonyl (C=O) groups is 1. The highest BCUT2D eigenvalue weighted by atomic mass is 35.5. The number of Topliss-reactive ketones (excluding diaryl/α,β-unsaturated/α-hetero) is 1. The minimum absolute atomic E-state index is 0.0444. The molecule has 0 radical (unpaired) electrons. The molecular weight excluding hydrogens is 316 g/mol. The van der Waals surface area contributed by atoms with Crippen molar-refractivity contribution in [1.29, 1.82) is 0 Å². The topological polar surface area (TPSA) is 72.3 Å². The molecule has 1 N–H and O–H groups in total. The standard InChI is InChI=1S/C17H15ClN2O3/c1-2-10-3-4-12(23-17-19-8-11(18)9-20-17)7-13(10)16-14(21)5-6-15(16)22/h3-4,7-9,21H,2,5-6H2,1H3. The van der Waals surface area contributed by atoms with E-state index < -0.39 is 0 Å². The molecule has 1 heterocycles. The Morgan fingerprint density at radius 1 is 1.26 bits per heavy atom. The Hall–Kier alpha value is -2.40. The van der Waals surface area contributed by atoms with Gasteiger partial charge in [0.15, 0.2) is 5.78 Å². The summed E-state index contributed by atoms with van der Waals surface area (Å²) in [6, 6.07) is 5.58. The molecule has 0 atom stereocenters. The molecule has 5 nitrogen and oxygen atoms in total. The molecule has 0 unspecified atom stereocenters. The predicted molar refractivity (Wildman–Crippen MR) is 86.7 cm³/mol. The summed E-state index contributed by atoms with van der Waals surface area (Å²) in [5.41, 5.74) is 2.08. The molecule has 2 aromatic rings. The van der Waals surface area contributed by atoms with Crippen LogP contribution in [0.25, 0.3) is 5.57 Å². The summed E-state index contributed by atoms with van der Waals surface area (Å²) in [6.45, 7) is 2.00. The summed E-state index contributed by atoms with van der Waals surface area (Å²) in [4.78, 5) is 20.0. The van der Waals surface area contributed by atoms with Gasteiger partial charge >= 0.3 is 6.01 Å². The Morgan fingerprint density at radius 3 is 2.61 bits per heavy atom. The van der Waals surface area contributed by atoms with Crippen molar-refractivity contribution in [1.82, 2.24) is 9.97 Å². The van der Waals surface area contributed by atoms with Crippen LogP contribution in [0.15, 0.2) is 36.4 Å². The quantitative estimate of drug-likeness (QED) is 0.913. The fourth-order valence-corrected chi connectivity index (χ4v) is 2.66. The maximum absolute atomic E-state index is 12.1. The molecule has 3 rings (SSSR count). The number of aliphatic hydroxyl groups is 1. The molecule has 6 heteroatoms. The Balaban J connectivity index is 1.98. The average Bonchev–Trinajstić information content (AvgIpc) is 2.88. The Kier molecular flexibility index (Phi) is 4.30. The number of halogens is 1. The highest BCUT2D eigenvalue weighted by Crippen LogP contribution is 2.34. The smallest absolute Gasteiger partial charge is 0.321 e. The lowest BCUT2D eigenvalue weighted by molar-refractivity contribution is -0.113. The molecule has 1 aromatic carbocycles. The summed E-state index contributed by atoms with van der Waals surface area (Å²) in [5.74, 6) is 0.598. The van der Waals surface area contributed by atoms with Gasteiger partial charge in [-0.2, -0.15) is 0 Å². The van der Waals surface area contributed by atoms with E-state index in [1.807, 2.05) is 13.0 Å². The van der Waals surface area contributed by atoms with Crippen LogP contribution < -0.4 is 4.74 Å². The zero-order valence-electron chi connectivity index (χ0n) is 12.5. The third kappa shape index (κ3) is 3.19. The van der Waals surface area contributed by atoms with Crippen LogP contribution >= 0.6 is 11.6 Å². The van der Waals surface area contributed by atoms with Gasteiger partial charge < -0.3 is 9.84 Å². The van der Waals surface area contributed by atoms with E-state index in [1.54, 1.807) is 12.1 Å². The molecular formula is C17H15ClN2O3. The monoisotopic (exact) mass is 330 g/mol. The van der Waals surface area contributed by atoms with Crippen LogP contribution in [-0.2, 0) is 11.2 Å². The van der Waals surface area contributed by atoms with Crippen LogP contribution in [-0.4, -0.2) is 20.9 Å². The number of benzene rings is 1. The second-order valence-corrected chi connectivity index (χ2v) is 5.64. The van der Waals surface area contributed by atoms with Gasteiger partial charge in [-0.1, -0.05) is 24.6 Å². The zero-order valence-corrected chi connectivity index (χ0v) is 13.3. The largest absolute Gasteiger partial charge is 0.512 e. The second-order valence-electron chi connectivity index (χ2n) is 5.20. The molecule has 118 valence electrons. The van der Waals surface area contributed by atoms with Crippen LogP contribution in [0.4, 0.5) is 0 Å². The maximum atomic E-state index is 12.1. The lowest BCUT2D eigenvalue weighted by atomic mass is 9.96. The van der Waals surface area contributed by atoms with Crippen molar-refractivity contribution in [2.45, 2.75) is 26.2 Å². The number of nitrogens with zero attached hydrogens (tertiary/aromatic N) is 2. The lowest BCUT2D eigenvalue weighted by Crippen LogP contribution is -2.01. The van der Waals surface area contributed by atoms with Gasteiger partial charge in [0.1, 0.15) is 11.5 Å². The molecule has 0 saturated carbocycles. The first-order chi connectivity index (χ1) is 11.1. The van der Waals surface area contributed by atoms with Crippen molar-refractivity contribution in [3.05, 3.63) is 52.5 Å². The normalized spacial score (nSPS) is 14.4. The van der Waals surface area contributed by atoms with Crippen LogP contribution in [0.2, 0.25) is 5.02 Å². The molecule has 1 aromatic heterocycles. The minimum Gasteiger partial charge on any atom is -0.512 e. The van der Waals surface area contributed by atoms with E-state index in [-0.39, 0.29) is 17.6 Å². The summed E-state index contributed by atoms with van der Waals surface area (Å²) >= 11 is 5.75. The molecule has 0 spiro atoms. The van der Waals surface area contributed by atoms with Gasteiger partial charge in [-0.15, -0.1) is 0 Å². The van der Waals surface area contributed by atoms with Crippen LogP contribution in [0.3, 0.4) is 0 Å². The maximum Gasteiger partial charge on any atom is 0.321 e. The highest BCUT2D eigenvalue weighted by molar-refractivity contribution is 6.30. The van der Waals surface area contributed by atoms with Gasteiger partial charge in [0.05, 0.1) is 23.0 Å². The van der Waals surface area contributed by atoms with Crippen molar-refractivity contribution in [3.8, 4) is 11.8 Å². The van der Waals surface area contributed by atoms with E-state index >= 15 is 0 Å². The van der Waals surface area contributed by atoms with Gasteiger partial charge in [0.25, 0.3) is 0 Å². The van der Waals surface area contributed by atoms with E-state index in [0.717, 1.165) is 12.0 Å². The lowest BCUT2D eigenvalue weighted by Gasteiger charge is -2.11. The third-order valence-electron chi connectivity index (χ3n) is 3.69. The Bertz CT molecular complexity index is 785. The first kappa shape index (κ1) is 15.5. The number of aryl methyl sites for hydroxylation is 1. The number of carbonyl (C=O) groups excluding carboxylic acids is 1.